The molecule has 0 aromatic rings. The molecule has 4 N–H and O–H groups in total. The monoisotopic (exact) mass is 215 g/mol. The summed E-state index contributed by atoms with van der Waals surface area (Å²) < 4.78 is 0. The SMILES string of the molecule is CCCC1CCC(NC(=S)NN)CC1. The summed E-state index contributed by atoms with van der Waals surface area (Å²) in [6.07, 6.45) is 7.81. The van der Waals surface area contributed by atoms with E-state index in [2.05, 4.69) is 17.7 Å². The van der Waals surface area contributed by atoms with Crippen LogP contribution >= 0.6 is 12.2 Å². The Morgan fingerprint density at radius 2 is 2.00 bits per heavy atom. The van der Waals surface area contributed by atoms with Gasteiger partial charge in [-0.05, 0) is 43.8 Å². The van der Waals surface area contributed by atoms with Crippen LogP contribution in [0.4, 0.5) is 0 Å². The molecular weight excluding hydrogens is 194 g/mol. The third-order valence-corrected chi connectivity index (χ3v) is 3.25. The second kappa shape index (κ2) is 6.19. The highest BCUT2D eigenvalue weighted by Crippen LogP contribution is 2.27. The number of hydrogen-bond acceptors (Lipinski definition) is 2. The van der Waals surface area contributed by atoms with Crippen molar-refractivity contribution in [1.82, 2.24) is 10.7 Å². The van der Waals surface area contributed by atoms with E-state index in [1.165, 1.54) is 38.5 Å². The van der Waals surface area contributed by atoms with Crippen molar-refractivity contribution in [2.45, 2.75) is 51.5 Å². The lowest BCUT2D eigenvalue weighted by atomic mass is 9.83. The van der Waals surface area contributed by atoms with Crippen molar-refractivity contribution in [1.29, 1.82) is 0 Å². The fourth-order valence-corrected chi connectivity index (χ4v) is 2.40. The zero-order chi connectivity index (χ0) is 10.4. The number of nitrogens with two attached hydrogens (primary N) is 1. The van der Waals surface area contributed by atoms with Crippen LogP contribution < -0.4 is 16.6 Å². The molecule has 0 saturated heterocycles. The van der Waals surface area contributed by atoms with Gasteiger partial charge in [-0.1, -0.05) is 19.8 Å². The summed E-state index contributed by atoms with van der Waals surface area (Å²) in [5.74, 6) is 6.15. The predicted molar refractivity (Wildman–Crippen MR) is 63.7 cm³/mol. The molecule has 0 spiro atoms. The number of hydrogen-bond donors (Lipinski definition) is 3. The summed E-state index contributed by atoms with van der Waals surface area (Å²) in [7, 11) is 0. The molecule has 1 aliphatic carbocycles. The average molecular weight is 215 g/mol. The van der Waals surface area contributed by atoms with Crippen molar-refractivity contribution in [3.8, 4) is 0 Å². The van der Waals surface area contributed by atoms with Crippen LogP contribution in [0, 0.1) is 5.92 Å². The number of hydrazine groups is 1. The highest BCUT2D eigenvalue weighted by Gasteiger charge is 2.20. The molecule has 4 heteroatoms. The number of nitrogens with one attached hydrogen (secondary N) is 2. The van der Waals surface area contributed by atoms with Crippen LogP contribution in [0.25, 0.3) is 0 Å². The summed E-state index contributed by atoms with van der Waals surface area (Å²) in [5, 5.41) is 3.80. The van der Waals surface area contributed by atoms with Crippen molar-refractivity contribution in [3.63, 3.8) is 0 Å². The minimum absolute atomic E-state index is 0.534. The molecule has 1 aliphatic rings. The van der Waals surface area contributed by atoms with Crippen LogP contribution in [0.5, 0.6) is 0 Å². The van der Waals surface area contributed by atoms with E-state index in [0.717, 1.165) is 5.92 Å². The number of rotatable bonds is 3. The summed E-state index contributed by atoms with van der Waals surface area (Å²) in [6, 6.07) is 0.534. The zero-order valence-electron chi connectivity index (χ0n) is 8.88. The molecule has 1 fully saturated rings. The minimum atomic E-state index is 0.534. The molecule has 0 bridgehead atoms. The lowest BCUT2D eigenvalue weighted by Crippen LogP contribution is -2.46. The first kappa shape index (κ1) is 11.7. The molecule has 14 heavy (non-hydrogen) atoms. The first-order chi connectivity index (χ1) is 6.76. The van der Waals surface area contributed by atoms with Crippen molar-refractivity contribution in [2.24, 2.45) is 11.8 Å². The van der Waals surface area contributed by atoms with Crippen LogP contribution in [0.3, 0.4) is 0 Å². The van der Waals surface area contributed by atoms with Crippen LogP contribution in [-0.4, -0.2) is 11.2 Å². The maximum atomic E-state index is 5.21. The minimum Gasteiger partial charge on any atom is -0.359 e. The molecule has 1 rings (SSSR count). The molecule has 0 aromatic heterocycles. The smallest absolute Gasteiger partial charge is 0.180 e. The lowest BCUT2D eigenvalue weighted by molar-refractivity contribution is 0.295. The van der Waals surface area contributed by atoms with Gasteiger partial charge < -0.3 is 10.7 Å². The van der Waals surface area contributed by atoms with Gasteiger partial charge in [0.15, 0.2) is 5.11 Å². The van der Waals surface area contributed by atoms with Crippen LogP contribution in [0.1, 0.15) is 45.4 Å². The Bertz CT molecular complexity index is 176. The zero-order valence-corrected chi connectivity index (χ0v) is 9.70. The van der Waals surface area contributed by atoms with Crippen molar-refractivity contribution >= 4 is 17.3 Å². The highest BCUT2D eigenvalue weighted by atomic mass is 32.1. The average Bonchev–Trinajstić information content (AvgIpc) is 2.21. The standard InChI is InChI=1S/C10H21N3S/c1-2-3-8-4-6-9(7-5-8)12-10(14)13-11/h8-9H,2-7,11H2,1H3,(H2,12,13,14). The van der Waals surface area contributed by atoms with Crippen LogP contribution in [0.2, 0.25) is 0 Å². The van der Waals surface area contributed by atoms with E-state index in [-0.39, 0.29) is 0 Å². The Balaban J connectivity index is 2.18. The molecule has 0 aromatic carbocycles. The van der Waals surface area contributed by atoms with Gasteiger partial charge in [-0.25, -0.2) is 5.84 Å². The molecule has 0 heterocycles. The third kappa shape index (κ3) is 3.80. The molecule has 3 nitrogen and oxygen atoms in total. The molecule has 0 atom stereocenters. The number of thiocarbonyl (C=S) groups is 1. The van der Waals surface area contributed by atoms with Gasteiger partial charge in [0.25, 0.3) is 0 Å². The second-order valence-electron chi connectivity index (χ2n) is 4.12. The van der Waals surface area contributed by atoms with Gasteiger partial charge in [-0.2, -0.15) is 0 Å². The molecule has 0 unspecified atom stereocenters. The largest absolute Gasteiger partial charge is 0.359 e. The first-order valence-electron chi connectivity index (χ1n) is 5.53. The Hall–Kier alpha value is -0.350. The second-order valence-corrected chi connectivity index (χ2v) is 4.53. The van der Waals surface area contributed by atoms with E-state index < -0.39 is 0 Å². The van der Waals surface area contributed by atoms with E-state index in [1.807, 2.05) is 0 Å². The Morgan fingerprint density at radius 3 is 2.50 bits per heavy atom. The maximum absolute atomic E-state index is 5.21. The Morgan fingerprint density at radius 1 is 1.36 bits per heavy atom. The topological polar surface area (TPSA) is 50.1 Å². The third-order valence-electron chi connectivity index (χ3n) is 3.01. The summed E-state index contributed by atoms with van der Waals surface area (Å²) in [6.45, 7) is 2.26. The van der Waals surface area contributed by atoms with Crippen molar-refractivity contribution in [2.75, 3.05) is 0 Å². The fourth-order valence-electron chi connectivity index (χ4n) is 2.23. The molecule has 82 valence electrons. The van der Waals surface area contributed by atoms with Gasteiger partial charge in [0.2, 0.25) is 0 Å². The van der Waals surface area contributed by atoms with E-state index in [4.69, 9.17) is 18.1 Å². The van der Waals surface area contributed by atoms with Crippen molar-refractivity contribution in [3.05, 3.63) is 0 Å². The van der Waals surface area contributed by atoms with E-state index in [9.17, 15) is 0 Å². The molecule has 1 saturated carbocycles. The van der Waals surface area contributed by atoms with Gasteiger partial charge in [0.05, 0.1) is 0 Å². The normalized spacial score (nSPS) is 27.0. The predicted octanol–water partition coefficient (Wildman–Crippen LogP) is 1.68. The van der Waals surface area contributed by atoms with E-state index in [1.54, 1.807) is 0 Å². The van der Waals surface area contributed by atoms with Gasteiger partial charge in [-0.15, -0.1) is 0 Å². The van der Waals surface area contributed by atoms with E-state index >= 15 is 0 Å². The Labute approximate surface area is 91.8 Å². The Kier molecular flexibility index (Phi) is 5.19. The first-order valence-corrected chi connectivity index (χ1v) is 5.94. The lowest BCUT2D eigenvalue weighted by Gasteiger charge is -2.29. The molecule has 0 aliphatic heterocycles. The molecule has 0 radical (unpaired) electrons. The molecule has 0 amide bonds. The van der Waals surface area contributed by atoms with Gasteiger partial charge in [0.1, 0.15) is 0 Å². The van der Waals surface area contributed by atoms with Crippen LogP contribution in [0.15, 0.2) is 0 Å². The van der Waals surface area contributed by atoms with Crippen molar-refractivity contribution < 1.29 is 0 Å². The van der Waals surface area contributed by atoms with Gasteiger partial charge >= 0.3 is 0 Å². The van der Waals surface area contributed by atoms with Crippen LogP contribution in [-0.2, 0) is 0 Å². The quantitative estimate of drug-likeness (QED) is 0.381. The maximum Gasteiger partial charge on any atom is 0.180 e. The summed E-state index contributed by atoms with van der Waals surface area (Å²) >= 11 is 4.97. The summed E-state index contributed by atoms with van der Waals surface area (Å²) in [5.41, 5.74) is 2.47. The van der Waals surface area contributed by atoms with E-state index in [0.29, 0.717) is 11.2 Å². The molecular formula is C10H21N3S. The fraction of sp³-hybridized carbons (Fsp3) is 0.900. The van der Waals surface area contributed by atoms with Gasteiger partial charge in [-0.3, -0.25) is 0 Å². The summed E-state index contributed by atoms with van der Waals surface area (Å²) in [4.78, 5) is 0. The van der Waals surface area contributed by atoms with Gasteiger partial charge in [0, 0.05) is 6.04 Å². The highest BCUT2D eigenvalue weighted by molar-refractivity contribution is 7.80.